The second-order valence-corrected chi connectivity index (χ2v) is 6.05. The van der Waals surface area contributed by atoms with Gasteiger partial charge in [-0.3, -0.25) is 4.79 Å². The number of nitrogens with zero attached hydrogens (tertiary/aromatic N) is 1. The molecule has 1 fully saturated rings. The Kier molecular flexibility index (Phi) is 5.38. The maximum atomic E-state index is 12.2. The molecule has 0 radical (unpaired) electrons. The molecule has 132 valence electrons. The zero-order valence-electron chi connectivity index (χ0n) is 14.5. The molecule has 0 unspecified atom stereocenters. The average molecular weight is 341 g/mol. The van der Waals surface area contributed by atoms with Crippen molar-refractivity contribution in [3.63, 3.8) is 0 Å². The minimum Gasteiger partial charge on any atom is -0.493 e. The van der Waals surface area contributed by atoms with E-state index < -0.39 is 0 Å². The van der Waals surface area contributed by atoms with Gasteiger partial charge in [0.2, 0.25) is 0 Å². The molecule has 1 amide bonds. The first-order valence-corrected chi connectivity index (χ1v) is 8.41. The third-order valence-electron chi connectivity index (χ3n) is 4.10. The number of aromatic nitrogens is 1. The lowest BCUT2D eigenvalue weighted by Gasteiger charge is -2.10. The van der Waals surface area contributed by atoms with Gasteiger partial charge in [-0.05, 0) is 49.1 Å². The summed E-state index contributed by atoms with van der Waals surface area (Å²) in [5.74, 6) is 2.09. The van der Waals surface area contributed by atoms with Crippen LogP contribution in [0.25, 0.3) is 0 Å². The number of benzene rings is 1. The van der Waals surface area contributed by atoms with E-state index in [1.165, 1.54) is 12.8 Å². The van der Waals surface area contributed by atoms with Gasteiger partial charge >= 0.3 is 0 Å². The number of methoxy groups -OCH3 is 2. The van der Waals surface area contributed by atoms with Crippen molar-refractivity contribution in [3.05, 3.63) is 47.7 Å². The van der Waals surface area contributed by atoms with E-state index in [1.807, 2.05) is 24.3 Å². The van der Waals surface area contributed by atoms with E-state index in [0.29, 0.717) is 36.1 Å². The normalized spacial score (nSPS) is 13.2. The van der Waals surface area contributed by atoms with Crippen LogP contribution in [0.1, 0.15) is 28.8 Å². The van der Waals surface area contributed by atoms with Crippen LogP contribution in [0, 0.1) is 0 Å². The van der Waals surface area contributed by atoms with E-state index in [-0.39, 0.29) is 5.91 Å². The molecule has 0 atom stereocenters. The monoisotopic (exact) mass is 341 g/mol. The topological polar surface area (TPSA) is 72.5 Å². The van der Waals surface area contributed by atoms with Crippen LogP contribution in [-0.2, 0) is 6.42 Å². The molecule has 1 heterocycles. The number of hydrogen-bond donors (Lipinski definition) is 2. The highest BCUT2D eigenvalue weighted by Crippen LogP contribution is 2.27. The fourth-order valence-electron chi connectivity index (χ4n) is 2.51. The molecular weight excluding hydrogens is 318 g/mol. The van der Waals surface area contributed by atoms with E-state index in [0.717, 1.165) is 11.4 Å². The van der Waals surface area contributed by atoms with Crippen LogP contribution in [0.5, 0.6) is 11.5 Å². The van der Waals surface area contributed by atoms with E-state index in [4.69, 9.17) is 9.47 Å². The summed E-state index contributed by atoms with van der Waals surface area (Å²) in [6.45, 7) is 0.538. The molecule has 0 bridgehead atoms. The lowest BCUT2D eigenvalue weighted by Crippen LogP contribution is -2.25. The predicted molar refractivity (Wildman–Crippen MR) is 96.5 cm³/mol. The quantitative estimate of drug-likeness (QED) is 0.772. The van der Waals surface area contributed by atoms with Crippen molar-refractivity contribution >= 4 is 11.7 Å². The van der Waals surface area contributed by atoms with E-state index in [1.54, 1.807) is 26.5 Å². The van der Waals surface area contributed by atoms with Crippen molar-refractivity contribution < 1.29 is 14.3 Å². The first-order chi connectivity index (χ1) is 12.2. The van der Waals surface area contributed by atoms with Gasteiger partial charge in [0.05, 0.1) is 19.8 Å². The Bertz CT molecular complexity index is 727. The standard InChI is InChI=1S/C19H23N3O3/c1-24-16-7-3-13(11-17(16)25-2)9-10-20-19(23)14-4-8-18(21-12-14)22-15-5-6-15/h3-4,7-8,11-12,15H,5-6,9-10H2,1-2H3,(H,20,23)(H,21,22). The first kappa shape index (κ1) is 17.1. The molecule has 25 heavy (non-hydrogen) atoms. The summed E-state index contributed by atoms with van der Waals surface area (Å²) in [4.78, 5) is 16.5. The summed E-state index contributed by atoms with van der Waals surface area (Å²) >= 11 is 0. The van der Waals surface area contributed by atoms with Gasteiger partial charge in [0.25, 0.3) is 5.91 Å². The van der Waals surface area contributed by atoms with Crippen molar-refractivity contribution in [2.75, 3.05) is 26.1 Å². The highest BCUT2D eigenvalue weighted by molar-refractivity contribution is 5.94. The lowest BCUT2D eigenvalue weighted by atomic mass is 10.1. The minimum atomic E-state index is -0.119. The number of carbonyl (C=O) groups excluding carboxylic acids is 1. The fourth-order valence-corrected chi connectivity index (χ4v) is 2.51. The summed E-state index contributed by atoms with van der Waals surface area (Å²) in [6.07, 6.45) is 4.71. The number of amides is 1. The van der Waals surface area contributed by atoms with Gasteiger partial charge in [-0.25, -0.2) is 4.98 Å². The van der Waals surface area contributed by atoms with Crippen molar-refractivity contribution in [3.8, 4) is 11.5 Å². The molecule has 0 aliphatic heterocycles. The molecule has 1 aliphatic carbocycles. The number of pyridine rings is 1. The molecule has 1 aromatic heterocycles. The van der Waals surface area contributed by atoms with Crippen molar-refractivity contribution in [1.29, 1.82) is 0 Å². The molecule has 2 N–H and O–H groups in total. The Morgan fingerprint density at radius 1 is 1.16 bits per heavy atom. The fraction of sp³-hybridized carbons (Fsp3) is 0.368. The number of ether oxygens (including phenoxy) is 2. The number of hydrogen-bond acceptors (Lipinski definition) is 5. The van der Waals surface area contributed by atoms with Crippen LogP contribution in [0.3, 0.4) is 0 Å². The Labute approximate surface area is 147 Å². The average Bonchev–Trinajstić information content (AvgIpc) is 3.46. The summed E-state index contributed by atoms with van der Waals surface area (Å²) in [5, 5.41) is 6.22. The number of anilines is 1. The summed E-state index contributed by atoms with van der Waals surface area (Å²) in [7, 11) is 3.22. The molecule has 2 aromatic rings. The summed E-state index contributed by atoms with van der Waals surface area (Å²) < 4.78 is 10.5. The van der Waals surface area contributed by atoms with Crippen molar-refractivity contribution in [2.45, 2.75) is 25.3 Å². The van der Waals surface area contributed by atoms with Crippen LogP contribution in [0.4, 0.5) is 5.82 Å². The maximum Gasteiger partial charge on any atom is 0.252 e. The molecule has 0 spiro atoms. The van der Waals surface area contributed by atoms with Gasteiger partial charge in [0.15, 0.2) is 11.5 Å². The Balaban J connectivity index is 1.50. The second-order valence-electron chi connectivity index (χ2n) is 6.05. The Morgan fingerprint density at radius 2 is 1.96 bits per heavy atom. The number of nitrogens with one attached hydrogen (secondary N) is 2. The zero-order valence-corrected chi connectivity index (χ0v) is 14.5. The van der Waals surface area contributed by atoms with Gasteiger partial charge in [0, 0.05) is 18.8 Å². The van der Waals surface area contributed by atoms with Gasteiger partial charge in [-0.15, -0.1) is 0 Å². The molecule has 1 saturated carbocycles. The molecule has 0 saturated heterocycles. The molecule has 6 nitrogen and oxygen atoms in total. The third-order valence-corrected chi connectivity index (χ3v) is 4.10. The molecule has 6 heteroatoms. The van der Waals surface area contributed by atoms with Gasteiger partial charge in [0.1, 0.15) is 5.82 Å². The van der Waals surface area contributed by atoms with E-state index in [9.17, 15) is 4.79 Å². The van der Waals surface area contributed by atoms with E-state index >= 15 is 0 Å². The highest BCUT2D eigenvalue weighted by Gasteiger charge is 2.21. The summed E-state index contributed by atoms with van der Waals surface area (Å²) in [5.41, 5.74) is 1.63. The smallest absolute Gasteiger partial charge is 0.252 e. The Morgan fingerprint density at radius 3 is 2.60 bits per heavy atom. The zero-order chi connectivity index (χ0) is 17.6. The largest absolute Gasteiger partial charge is 0.493 e. The van der Waals surface area contributed by atoms with Crippen LogP contribution in [0.15, 0.2) is 36.5 Å². The molecule has 1 aliphatic rings. The second kappa shape index (κ2) is 7.88. The molecule has 1 aromatic carbocycles. The third kappa shape index (κ3) is 4.62. The Hall–Kier alpha value is -2.76. The summed E-state index contributed by atoms with van der Waals surface area (Å²) in [6, 6.07) is 9.95. The minimum absolute atomic E-state index is 0.119. The van der Waals surface area contributed by atoms with Crippen LogP contribution >= 0.6 is 0 Å². The molecule has 3 rings (SSSR count). The number of carbonyl (C=O) groups is 1. The van der Waals surface area contributed by atoms with Gasteiger partial charge < -0.3 is 20.1 Å². The van der Waals surface area contributed by atoms with Gasteiger partial charge in [-0.2, -0.15) is 0 Å². The molecular formula is C19H23N3O3. The lowest BCUT2D eigenvalue weighted by molar-refractivity contribution is 0.0954. The van der Waals surface area contributed by atoms with Crippen LogP contribution < -0.4 is 20.1 Å². The van der Waals surface area contributed by atoms with Crippen LogP contribution in [0.2, 0.25) is 0 Å². The SMILES string of the molecule is COc1ccc(CCNC(=O)c2ccc(NC3CC3)nc2)cc1OC. The van der Waals surface area contributed by atoms with Gasteiger partial charge in [-0.1, -0.05) is 6.07 Å². The number of rotatable bonds is 8. The first-order valence-electron chi connectivity index (χ1n) is 8.41. The maximum absolute atomic E-state index is 12.2. The van der Waals surface area contributed by atoms with E-state index in [2.05, 4.69) is 15.6 Å². The highest BCUT2D eigenvalue weighted by atomic mass is 16.5. The van der Waals surface area contributed by atoms with Crippen molar-refractivity contribution in [1.82, 2.24) is 10.3 Å². The predicted octanol–water partition coefficient (Wildman–Crippen LogP) is 2.65. The van der Waals surface area contributed by atoms with Crippen molar-refractivity contribution in [2.24, 2.45) is 0 Å². The van der Waals surface area contributed by atoms with Crippen LogP contribution in [-0.4, -0.2) is 37.7 Å².